The van der Waals surface area contributed by atoms with Crippen molar-refractivity contribution in [1.29, 1.82) is 0 Å². The summed E-state index contributed by atoms with van der Waals surface area (Å²) in [6.45, 7) is 6.05. The normalized spacial score (nSPS) is 15.8. The van der Waals surface area contributed by atoms with E-state index in [1.54, 1.807) is 13.2 Å². The van der Waals surface area contributed by atoms with Crippen LogP contribution in [0.1, 0.15) is 32.4 Å². The van der Waals surface area contributed by atoms with E-state index in [0.29, 0.717) is 31.6 Å². The minimum atomic E-state index is -0.358. The van der Waals surface area contributed by atoms with E-state index in [1.807, 2.05) is 19.1 Å². The molecule has 128 valence electrons. The zero-order chi connectivity index (χ0) is 16.5. The number of hydrogen-bond acceptors (Lipinski definition) is 4. The van der Waals surface area contributed by atoms with Crippen LogP contribution in [-0.2, 0) is 11.3 Å². The Labute approximate surface area is 136 Å². The molecule has 0 radical (unpaired) electrons. The largest absolute Gasteiger partial charge is 0.467 e. The lowest BCUT2D eigenvalue weighted by molar-refractivity contribution is 0.146. The van der Waals surface area contributed by atoms with Gasteiger partial charge < -0.3 is 25.1 Å². The molecule has 1 saturated carbocycles. The Morgan fingerprint density at radius 2 is 2.26 bits per heavy atom. The number of guanidine groups is 1. The average Bonchev–Trinajstić information content (AvgIpc) is 3.25. The SMILES string of the molecule is CCNC(=NCc1ccco1)NCC(NC(=O)OCC)C1CC1. The standard InChI is InChI=1S/C16H26N4O3/c1-3-17-15(18-10-13-6-5-9-23-13)19-11-14(12-7-8-12)20-16(21)22-4-2/h5-6,9,12,14H,3-4,7-8,10-11H2,1-2H3,(H,20,21)(H2,17,18,19). The monoisotopic (exact) mass is 322 g/mol. The van der Waals surface area contributed by atoms with Crippen molar-refractivity contribution in [2.45, 2.75) is 39.3 Å². The summed E-state index contributed by atoms with van der Waals surface area (Å²) in [6, 6.07) is 3.79. The molecular weight excluding hydrogens is 296 g/mol. The minimum Gasteiger partial charge on any atom is -0.467 e. The summed E-state index contributed by atoms with van der Waals surface area (Å²) in [5.41, 5.74) is 0. The molecule has 1 aliphatic carbocycles. The van der Waals surface area contributed by atoms with Crippen LogP contribution >= 0.6 is 0 Å². The highest BCUT2D eigenvalue weighted by molar-refractivity contribution is 5.79. The molecular formula is C16H26N4O3. The molecule has 1 aromatic rings. The quantitative estimate of drug-likeness (QED) is 0.502. The Hall–Kier alpha value is -2.18. The Morgan fingerprint density at radius 3 is 2.87 bits per heavy atom. The molecule has 23 heavy (non-hydrogen) atoms. The second kappa shape index (κ2) is 9.07. The number of amides is 1. The van der Waals surface area contributed by atoms with Gasteiger partial charge in [-0.3, -0.25) is 0 Å². The molecule has 2 rings (SSSR count). The number of nitrogens with one attached hydrogen (secondary N) is 3. The highest BCUT2D eigenvalue weighted by Gasteiger charge is 2.32. The van der Waals surface area contributed by atoms with Gasteiger partial charge in [0.05, 0.1) is 18.9 Å². The van der Waals surface area contributed by atoms with Crippen LogP contribution in [0.3, 0.4) is 0 Å². The average molecular weight is 322 g/mol. The van der Waals surface area contributed by atoms with Crippen LogP contribution in [-0.4, -0.2) is 37.8 Å². The summed E-state index contributed by atoms with van der Waals surface area (Å²) in [5, 5.41) is 9.39. The highest BCUT2D eigenvalue weighted by atomic mass is 16.5. The van der Waals surface area contributed by atoms with Crippen molar-refractivity contribution in [3.05, 3.63) is 24.2 Å². The van der Waals surface area contributed by atoms with E-state index in [1.165, 1.54) is 0 Å². The second-order valence-electron chi connectivity index (χ2n) is 5.46. The van der Waals surface area contributed by atoms with E-state index in [-0.39, 0.29) is 12.1 Å². The van der Waals surface area contributed by atoms with Crippen LogP contribution in [0.5, 0.6) is 0 Å². The van der Waals surface area contributed by atoms with Gasteiger partial charge in [0.25, 0.3) is 0 Å². The first-order valence-corrected chi connectivity index (χ1v) is 8.20. The summed E-state index contributed by atoms with van der Waals surface area (Å²) >= 11 is 0. The Bertz CT molecular complexity index is 497. The molecule has 0 spiro atoms. The predicted octanol–water partition coefficient (Wildman–Crippen LogP) is 1.86. The third-order valence-electron chi connectivity index (χ3n) is 3.58. The van der Waals surface area contributed by atoms with E-state index in [4.69, 9.17) is 9.15 Å². The van der Waals surface area contributed by atoms with Crippen LogP contribution in [0.2, 0.25) is 0 Å². The molecule has 1 unspecified atom stereocenters. The molecule has 3 N–H and O–H groups in total. The molecule has 1 amide bonds. The third kappa shape index (κ3) is 6.22. The van der Waals surface area contributed by atoms with Crippen LogP contribution in [0.15, 0.2) is 27.8 Å². The molecule has 0 aromatic carbocycles. The van der Waals surface area contributed by atoms with Gasteiger partial charge in [-0.15, -0.1) is 0 Å². The number of nitrogens with zero attached hydrogens (tertiary/aromatic N) is 1. The van der Waals surface area contributed by atoms with Crippen molar-refractivity contribution >= 4 is 12.1 Å². The fourth-order valence-corrected chi connectivity index (χ4v) is 2.27. The topological polar surface area (TPSA) is 87.9 Å². The smallest absolute Gasteiger partial charge is 0.407 e. The van der Waals surface area contributed by atoms with Crippen LogP contribution in [0, 0.1) is 5.92 Å². The molecule has 0 aliphatic heterocycles. The minimum absolute atomic E-state index is 0.0570. The molecule has 1 atom stereocenters. The first kappa shape index (κ1) is 17.2. The van der Waals surface area contributed by atoms with Crippen molar-refractivity contribution in [2.24, 2.45) is 10.9 Å². The van der Waals surface area contributed by atoms with Gasteiger partial charge in [0, 0.05) is 13.1 Å². The molecule has 0 bridgehead atoms. The van der Waals surface area contributed by atoms with Crippen molar-refractivity contribution in [3.8, 4) is 0 Å². The lowest BCUT2D eigenvalue weighted by atomic mass is 10.2. The van der Waals surface area contributed by atoms with Gasteiger partial charge in [-0.1, -0.05) is 0 Å². The van der Waals surface area contributed by atoms with Gasteiger partial charge in [0.1, 0.15) is 12.3 Å². The fourth-order valence-electron chi connectivity index (χ4n) is 2.27. The van der Waals surface area contributed by atoms with Gasteiger partial charge >= 0.3 is 6.09 Å². The van der Waals surface area contributed by atoms with E-state index in [9.17, 15) is 4.79 Å². The van der Waals surface area contributed by atoms with Crippen molar-refractivity contribution in [3.63, 3.8) is 0 Å². The first-order chi connectivity index (χ1) is 11.2. The summed E-state index contributed by atoms with van der Waals surface area (Å²) in [4.78, 5) is 16.1. The summed E-state index contributed by atoms with van der Waals surface area (Å²) in [6.07, 6.45) is 3.55. The third-order valence-corrected chi connectivity index (χ3v) is 3.58. The number of aliphatic imine (C=N–C) groups is 1. The van der Waals surface area contributed by atoms with Crippen LogP contribution in [0.4, 0.5) is 4.79 Å². The summed E-state index contributed by atoms with van der Waals surface area (Å²) in [7, 11) is 0. The number of carbonyl (C=O) groups excluding carboxylic acids is 1. The fraction of sp³-hybridized carbons (Fsp3) is 0.625. The van der Waals surface area contributed by atoms with E-state index >= 15 is 0 Å². The molecule has 7 heteroatoms. The number of hydrogen-bond donors (Lipinski definition) is 3. The maximum atomic E-state index is 11.6. The number of rotatable bonds is 8. The van der Waals surface area contributed by atoms with E-state index in [2.05, 4.69) is 20.9 Å². The lowest BCUT2D eigenvalue weighted by Gasteiger charge is -2.20. The number of alkyl carbamates (subject to hydrolysis) is 1. The number of ether oxygens (including phenoxy) is 1. The van der Waals surface area contributed by atoms with E-state index in [0.717, 1.165) is 25.1 Å². The Balaban J connectivity index is 1.85. The van der Waals surface area contributed by atoms with Crippen molar-refractivity contribution in [1.82, 2.24) is 16.0 Å². The van der Waals surface area contributed by atoms with Crippen LogP contribution in [0.25, 0.3) is 0 Å². The molecule has 1 fully saturated rings. The summed E-state index contributed by atoms with van der Waals surface area (Å²) in [5.74, 6) is 2.03. The number of furan rings is 1. The van der Waals surface area contributed by atoms with E-state index < -0.39 is 0 Å². The molecule has 1 aliphatic rings. The first-order valence-electron chi connectivity index (χ1n) is 8.20. The molecule has 7 nitrogen and oxygen atoms in total. The van der Waals surface area contributed by atoms with Gasteiger partial charge in [0.2, 0.25) is 0 Å². The maximum Gasteiger partial charge on any atom is 0.407 e. The Kier molecular flexibility index (Phi) is 6.77. The van der Waals surface area contributed by atoms with Crippen molar-refractivity contribution < 1.29 is 13.9 Å². The lowest BCUT2D eigenvalue weighted by Crippen LogP contribution is -2.48. The van der Waals surface area contributed by atoms with Gasteiger partial charge in [-0.05, 0) is 44.7 Å². The van der Waals surface area contributed by atoms with Gasteiger partial charge in [-0.25, -0.2) is 9.79 Å². The van der Waals surface area contributed by atoms with Gasteiger partial charge in [-0.2, -0.15) is 0 Å². The predicted molar refractivity (Wildman–Crippen MR) is 88.2 cm³/mol. The van der Waals surface area contributed by atoms with Crippen LogP contribution < -0.4 is 16.0 Å². The highest BCUT2D eigenvalue weighted by Crippen LogP contribution is 2.32. The van der Waals surface area contributed by atoms with Crippen molar-refractivity contribution in [2.75, 3.05) is 19.7 Å². The Morgan fingerprint density at radius 1 is 1.43 bits per heavy atom. The summed E-state index contributed by atoms with van der Waals surface area (Å²) < 4.78 is 10.2. The molecule has 1 aromatic heterocycles. The number of carbonyl (C=O) groups is 1. The zero-order valence-corrected chi connectivity index (χ0v) is 13.8. The maximum absolute atomic E-state index is 11.6. The van der Waals surface area contributed by atoms with Gasteiger partial charge in [0.15, 0.2) is 5.96 Å². The molecule has 1 heterocycles. The zero-order valence-electron chi connectivity index (χ0n) is 13.8. The molecule has 0 saturated heterocycles. The second-order valence-corrected chi connectivity index (χ2v) is 5.46.